The van der Waals surface area contributed by atoms with E-state index in [2.05, 4.69) is 51.2 Å². The van der Waals surface area contributed by atoms with Crippen LogP contribution in [0, 0.1) is 0 Å². The zero-order valence-corrected chi connectivity index (χ0v) is 18.6. The Bertz CT molecular complexity index is 942. The molecule has 0 atom stereocenters. The lowest BCUT2D eigenvalue weighted by Gasteiger charge is -2.26. The van der Waals surface area contributed by atoms with E-state index in [4.69, 9.17) is 14.2 Å². The summed E-state index contributed by atoms with van der Waals surface area (Å²) in [5.41, 5.74) is 2.71. The van der Waals surface area contributed by atoms with Crippen LogP contribution in [0.25, 0.3) is 0 Å². The van der Waals surface area contributed by atoms with Crippen LogP contribution in [0.2, 0.25) is 0 Å². The summed E-state index contributed by atoms with van der Waals surface area (Å²) < 4.78 is 15.9. The van der Waals surface area contributed by atoms with Crippen molar-refractivity contribution in [2.75, 3.05) is 33.9 Å². The molecule has 0 radical (unpaired) electrons. The fourth-order valence-corrected chi connectivity index (χ4v) is 3.91. The van der Waals surface area contributed by atoms with Gasteiger partial charge >= 0.3 is 11.9 Å². The number of carbonyl (C=O) groups excluding carboxylic acids is 2. The van der Waals surface area contributed by atoms with Crippen LogP contribution in [0.4, 0.5) is 0 Å². The van der Waals surface area contributed by atoms with Crippen LogP contribution >= 0.6 is 15.9 Å². The Balaban J connectivity index is 1.66. The third-order valence-electron chi connectivity index (χ3n) is 4.95. The van der Waals surface area contributed by atoms with Crippen molar-refractivity contribution in [2.45, 2.75) is 13.0 Å². The molecular formula is C23H24BrNO5. The highest BCUT2D eigenvalue weighted by Gasteiger charge is 2.24. The van der Waals surface area contributed by atoms with Crippen LogP contribution in [-0.4, -0.2) is 50.8 Å². The van der Waals surface area contributed by atoms with Gasteiger partial charge in [0, 0.05) is 19.6 Å². The minimum absolute atomic E-state index is 0.0912. The molecular weight excluding hydrogens is 450 g/mol. The predicted octanol–water partition coefficient (Wildman–Crippen LogP) is 4.23. The maximum Gasteiger partial charge on any atom is 0.340 e. The van der Waals surface area contributed by atoms with Gasteiger partial charge in [-0.3, -0.25) is 4.90 Å². The van der Waals surface area contributed by atoms with Crippen molar-refractivity contribution in [3.8, 4) is 5.75 Å². The predicted molar refractivity (Wildman–Crippen MR) is 117 cm³/mol. The second-order valence-electron chi connectivity index (χ2n) is 6.91. The number of methoxy groups -OCH3 is 2. The minimum atomic E-state index is -0.638. The molecule has 0 aliphatic carbocycles. The lowest BCUT2D eigenvalue weighted by Crippen LogP contribution is -2.29. The van der Waals surface area contributed by atoms with E-state index < -0.39 is 11.9 Å². The number of benzene rings is 2. The zero-order chi connectivity index (χ0) is 21.5. The van der Waals surface area contributed by atoms with E-state index in [0.717, 1.165) is 26.1 Å². The van der Waals surface area contributed by atoms with Crippen molar-refractivity contribution in [2.24, 2.45) is 0 Å². The van der Waals surface area contributed by atoms with Gasteiger partial charge in [0.2, 0.25) is 0 Å². The van der Waals surface area contributed by atoms with E-state index in [1.54, 1.807) is 6.07 Å². The molecule has 3 rings (SSSR count). The third kappa shape index (κ3) is 5.29. The van der Waals surface area contributed by atoms with Gasteiger partial charge < -0.3 is 14.2 Å². The van der Waals surface area contributed by atoms with Crippen molar-refractivity contribution >= 4 is 27.9 Å². The molecule has 158 valence electrons. The van der Waals surface area contributed by atoms with Gasteiger partial charge in [0.05, 0.1) is 29.8 Å². The number of hydrogen-bond acceptors (Lipinski definition) is 6. The lowest BCUT2D eigenvalue weighted by molar-refractivity contribution is 0.0554. The number of carbonyl (C=O) groups is 2. The van der Waals surface area contributed by atoms with Crippen molar-refractivity contribution < 1.29 is 23.8 Å². The van der Waals surface area contributed by atoms with Crippen LogP contribution in [0.15, 0.2) is 58.6 Å². The van der Waals surface area contributed by atoms with Gasteiger partial charge in [-0.2, -0.15) is 0 Å². The summed E-state index contributed by atoms with van der Waals surface area (Å²) in [6, 6.07) is 13.6. The molecule has 0 fully saturated rings. The standard InChI is InChI=1S/C23H24BrNO5/c1-28-22(26)18-8-9-19(21(24)20(18)23(27)29-2)30-15-17-10-12-25(13-11-17)14-16-6-4-3-5-7-16/h3-10H,11-15H2,1-2H3. The molecule has 30 heavy (non-hydrogen) atoms. The van der Waals surface area contributed by atoms with Gasteiger partial charge in [0.15, 0.2) is 0 Å². The highest BCUT2D eigenvalue weighted by Crippen LogP contribution is 2.33. The first-order chi connectivity index (χ1) is 14.5. The minimum Gasteiger partial charge on any atom is -0.488 e. The largest absolute Gasteiger partial charge is 0.488 e. The first-order valence-electron chi connectivity index (χ1n) is 9.59. The van der Waals surface area contributed by atoms with Gasteiger partial charge in [-0.25, -0.2) is 9.59 Å². The summed E-state index contributed by atoms with van der Waals surface area (Å²) in [6.45, 7) is 3.16. The lowest BCUT2D eigenvalue weighted by atomic mass is 10.1. The summed E-state index contributed by atoms with van der Waals surface area (Å²) in [6.07, 6.45) is 3.10. The number of ether oxygens (including phenoxy) is 3. The first kappa shape index (κ1) is 22.1. The number of hydrogen-bond donors (Lipinski definition) is 0. The molecule has 0 aromatic heterocycles. The average molecular weight is 474 g/mol. The average Bonchev–Trinajstić information content (AvgIpc) is 2.78. The number of nitrogens with zero attached hydrogens (tertiary/aromatic N) is 1. The summed E-state index contributed by atoms with van der Waals surface area (Å²) in [4.78, 5) is 26.6. The van der Waals surface area contributed by atoms with Crippen molar-refractivity contribution in [3.05, 3.63) is 75.3 Å². The number of halogens is 1. The molecule has 0 unspecified atom stereocenters. The molecule has 2 aromatic carbocycles. The van der Waals surface area contributed by atoms with Crippen molar-refractivity contribution in [1.29, 1.82) is 0 Å². The Morgan fingerprint density at radius 2 is 1.77 bits per heavy atom. The Hall–Kier alpha value is -2.64. The molecule has 0 bridgehead atoms. The molecule has 1 heterocycles. The summed E-state index contributed by atoms with van der Waals surface area (Å²) in [5, 5.41) is 0. The summed E-state index contributed by atoms with van der Waals surface area (Å²) in [5.74, 6) is -0.784. The normalized spacial score (nSPS) is 14.0. The zero-order valence-electron chi connectivity index (χ0n) is 17.0. The van der Waals surface area contributed by atoms with E-state index in [0.29, 0.717) is 16.8 Å². The Labute approximate surface area is 184 Å². The molecule has 1 aliphatic rings. The Kier molecular flexibility index (Phi) is 7.65. The highest BCUT2D eigenvalue weighted by molar-refractivity contribution is 9.10. The molecule has 1 aliphatic heterocycles. The maximum atomic E-state index is 12.2. The molecule has 0 N–H and O–H groups in total. The van der Waals surface area contributed by atoms with E-state index in [9.17, 15) is 9.59 Å². The number of esters is 2. The van der Waals surface area contributed by atoms with E-state index in [1.807, 2.05) is 6.07 Å². The van der Waals surface area contributed by atoms with Crippen molar-refractivity contribution in [1.82, 2.24) is 4.90 Å². The maximum absolute atomic E-state index is 12.2. The summed E-state index contributed by atoms with van der Waals surface area (Å²) in [7, 11) is 2.52. The molecule has 0 saturated heterocycles. The van der Waals surface area contributed by atoms with Crippen LogP contribution in [0.1, 0.15) is 32.7 Å². The quantitative estimate of drug-likeness (QED) is 0.442. The van der Waals surface area contributed by atoms with Gasteiger partial charge in [-0.1, -0.05) is 36.4 Å². The van der Waals surface area contributed by atoms with Gasteiger partial charge in [0.25, 0.3) is 0 Å². The van der Waals surface area contributed by atoms with Crippen molar-refractivity contribution in [3.63, 3.8) is 0 Å². The second kappa shape index (κ2) is 10.4. The third-order valence-corrected chi connectivity index (χ3v) is 5.74. The van der Waals surface area contributed by atoms with Gasteiger partial charge in [-0.15, -0.1) is 0 Å². The van der Waals surface area contributed by atoms with Gasteiger partial charge in [0.1, 0.15) is 12.4 Å². The first-order valence-corrected chi connectivity index (χ1v) is 10.4. The SMILES string of the molecule is COC(=O)c1ccc(OCC2=CCN(Cc3ccccc3)CC2)c(Br)c1C(=O)OC. The highest BCUT2D eigenvalue weighted by atomic mass is 79.9. The molecule has 0 amide bonds. The smallest absolute Gasteiger partial charge is 0.340 e. The topological polar surface area (TPSA) is 65.1 Å². The van der Waals surface area contributed by atoms with Crippen LogP contribution in [-0.2, 0) is 16.0 Å². The molecule has 6 nitrogen and oxygen atoms in total. The van der Waals surface area contributed by atoms with E-state index in [-0.39, 0.29) is 11.1 Å². The molecule has 7 heteroatoms. The Morgan fingerprint density at radius 1 is 1.03 bits per heavy atom. The van der Waals surface area contributed by atoms with Crippen LogP contribution < -0.4 is 4.74 Å². The fraction of sp³-hybridized carbons (Fsp3) is 0.304. The molecule has 2 aromatic rings. The number of rotatable bonds is 7. The van der Waals surface area contributed by atoms with Crippen LogP contribution in [0.5, 0.6) is 5.75 Å². The molecule has 0 saturated carbocycles. The van der Waals surface area contributed by atoms with E-state index in [1.165, 1.54) is 31.4 Å². The molecule has 0 spiro atoms. The summed E-state index contributed by atoms with van der Waals surface area (Å²) >= 11 is 3.38. The Morgan fingerprint density at radius 3 is 2.40 bits per heavy atom. The van der Waals surface area contributed by atoms with E-state index >= 15 is 0 Å². The van der Waals surface area contributed by atoms with Crippen LogP contribution in [0.3, 0.4) is 0 Å². The monoisotopic (exact) mass is 473 g/mol. The fourth-order valence-electron chi connectivity index (χ4n) is 3.29. The van der Waals surface area contributed by atoms with Gasteiger partial charge in [-0.05, 0) is 45.6 Å². The second-order valence-corrected chi connectivity index (χ2v) is 7.70.